The lowest BCUT2D eigenvalue weighted by Crippen LogP contribution is -2.20. The average molecular weight is 348 g/mol. The number of carbonyl (C=O) groups excluding carboxylic acids is 1. The van der Waals surface area contributed by atoms with Crippen LogP contribution in [-0.2, 0) is 12.8 Å². The van der Waals surface area contributed by atoms with Gasteiger partial charge in [-0.1, -0.05) is 31.5 Å². The number of carbonyl (C=O) groups is 2. The van der Waals surface area contributed by atoms with Crippen molar-refractivity contribution >= 4 is 29.2 Å². The summed E-state index contributed by atoms with van der Waals surface area (Å²) in [5, 5.41) is 12.6. The fourth-order valence-corrected chi connectivity index (χ4v) is 2.74. The molecule has 0 fully saturated rings. The number of aryl methyl sites for hydroxylation is 2. The Morgan fingerprint density at radius 1 is 1.25 bits per heavy atom. The zero-order chi connectivity index (χ0) is 17.9. The lowest BCUT2D eigenvalue weighted by Gasteiger charge is -2.16. The van der Waals surface area contributed by atoms with E-state index in [2.05, 4.69) is 15.3 Å². The number of hydrogen-bond acceptors (Lipinski definition) is 4. The molecule has 2 aromatic rings. The van der Waals surface area contributed by atoms with Gasteiger partial charge in [-0.2, -0.15) is 0 Å². The summed E-state index contributed by atoms with van der Waals surface area (Å²) in [5.74, 6) is -1.56. The molecular weight excluding hydrogens is 330 g/mol. The van der Waals surface area contributed by atoms with Crippen LogP contribution in [0.15, 0.2) is 18.3 Å². The first kappa shape index (κ1) is 17.9. The minimum atomic E-state index is -1.27. The van der Waals surface area contributed by atoms with Crippen LogP contribution in [0.5, 0.6) is 0 Å². The summed E-state index contributed by atoms with van der Waals surface area (Å²) in [6.07, 6.45) is 2.57. The number of carboxylic acid groups (broad SMARTS) is 1. The van der Waals surface area contributed by atoms with Gasteiger partial charge in [0.25, 0.3) is 5.91 Å². The van der Waals surface area contributed by atoms with Crippen molar-refractivity contribution in [3.05, 3.63) is 51.6 Å². The molecule has 0 atom stereocenters. The Hall–Kier alpha value is -2.47. The van der Waals surface area contributed by atoms with E-state index in [0.29, 0.717) is 23.6 Å². The van der Waals surface area contributed by atoms with Gasteiger partial charge < -0.3 is 10.4 Å². The number of nitrogens with zero attached hydrogens (tertiary/aromatic N) is 2. The van der Waals surface area contributed by atoms with Gasteiger partial charge >= 0.3 is 5.97 Å². The SMILES string of the molecule is CCc1ccc(Cl)c(CC)c1NC(=O)c1cnc(C)nc1C(=O)O. The highest BCUT2D eigenvalue weighted by Gasteiger charge is 2.21. The Kier molecular flexibility index (Phi) is 5.51. The zero-order valence-corrected chi connectivity index (χ0v) is 14.4. The van der Waals surface area contributed by atoms with Crippen LogP contribution in [0, 0.1) is 6.92 Å². The third kappa shape index (κ3) is 3.54. The Labute approximate surface area is 144 Å². The Morgan fingerprint density at radius 2 is 1.96 bits per heavy atom. The van der Waals surface area contributed by atoms with Crippen molar-refractivity contribution in [2.45, 2.75) is 33.6 Å². The second-order valence-electron chi connectivity index (χ2n) is 5.21. The molecule has 126 valence electrons. The molecule has 0 spiro atoms. The van der Waals surface area contributed by atoms with Crippen LogP contribution in [0.25, 0.3) is 0 Å². The third-order valence-corrected chi connectivity index (χ3v) is 4.03. The van der Waals surface area contributed by atoms with Crippen molar-refractivity contribution in [1.29, 1.82) is 0 Å². The van der Waals surface area contributed by atoms with Crippen molar-refractivity contribution in [1.82, 2.24) is 9.97 Å². The van der Waals surface area contributed by atoms with Crippen LogP contribution < -0.4 is 5.32 Å². The number of amides is 1. The normalized spacial score (nSPS) is 10.5. The third-order valence-electron chi connectivity index (χ3n) is 3.67. The van der Waals surface area contributed by atoms with Gasteiger partial charge in [-0.25, -0.2) is 14.8 Å². The molecule has 1 aromatic carbocycles. The lowest BCUT2D eigenvalue weighted by molar-refractivity contribution is 0.0685. The molecule has 7 heteroatoms. The molecule has 0 saturated heterocycles. The molecule has 1 amide bonds. The first-order valence-electron chi connectivity index (χ1n) is 7.57. The molecule has 0 aliphatic carbocycles. The first-order chi connectivity index (χ1) is 11.4. The number of aromatic nitrogens is 2. The molecule has 6 nitrogen and oxygen atoms in total. The van der Waals surface area contributed by atoms with E-state index in [1.165, 1.54) is 6.20 Å². The average Bonchev–Trinajstić information content (AvgIpc) is 2.55. The van der Waals surface area contributed by atoms with E-state index in [9.17, 15) is 14.7 Å². The molecule has 2 N–H and O–H groups in total. The number of nitrogens with one attached hydrogen (secondary N) is 1. The van der Waals surface area contributed by atoms with Crippen LogP contribution in [0.3, 0.4) is 0 Å². The summed E-state index contributed by atoms with van der Waals surface area (Å²) in [6.45, 7) is 5.47. The predicted molar refractivity (Wildman–Crippen MR) is 91.9 cm³/mol. The van der Waals surface area contributed by atoms with Crippen LogP contribution in [0.2, 0.25) is 5.02 Å². The number of rotatable bonds is 5. The zero-order valence-electron chi connectivity index (χ0n) is 13.7. The number of benzene rings is 1. The smallest absolute Gasteiger partial charge is 0.355 e. The topological polar surface area (TPSA) is 92.2 Å². The molecule has 1 aromatic heterocycles. The number of aromatic carboxylic acids is 1. The van der Waals surface area contributed by atoms with Crippen LogP contribution in [-0.4, -0.2) is 27.0 Å². The fraction of sp³-hybridized carbons (Fsp3) is 0.294. The van der Waals surface area contributed by atoms with Gasteiger partial charge in [-0.05, 0) is 37.0 Å². The molecule has 24 heavy (non-hydrogen) atoms. The van der Waals surface area contributed by atoms with Gasteiger partial charge in [0.15, 0.2) is 5.69 Å². The summed E-state index contributed by atoms with van der Waals surface area (Å²) in [4.78, 5) is 31.7. The van der Waals surface area contributed by atoms with Crippen molar-refractivity contribution in [3.63, 3.8) is 0 Å². The molecule has 0 aliphatic rings. The minimum absolute atomic E-state index is 0.0859. The summed E-state index contributed by atoms with van der Waals surface area (Å²) in [7, 11) is 0. The van der Waals surface area contributed by atoms with Crippen molar-refractivity contribution in [2.75, 3.05) is 5.32 Å². The predicted octanol–water partition coefficient (Wildman–Crippen LogP) is 3.51. The summed E-state index contributed by atoms with van der Waals surface area (Å²) in [6, 6.07) is 3.65. The maximum Gasteiger partial charge on any atom is 0.355 e. The van der Waals surface area contributed by atoms with Crippen molar-refractivity contribution in [2.24, 2.45) is 0 Å². The standard InChI is InChI=1S/C17H18ClN3O3/c1-4-10-6-7-13(18)11(5-2)14(10)21-16(22)12-8-19-9(3)20-15(12)17(23)24/h6-8H,4-5H2,1-3H3,(H,21,22)(H,23,24). The molecule has 0 unspecified atom stereocenters. The number of halogens is 1. The molecule has 0 aliphatic heterocycles. The highest BCUT2D eigenvalue weighted by Crippen LogP contribution is 2.30. The van der Waals surface area contributed by atoms with Crippen molar-refractivity contribution in [3.8, 4) is 0 Å². The molecular formula is C17H18ClN3O3. The van der Waals surface area contributed by atoms with E-state index in [-0.39, 0.29) is 17.1 Å². The van der Waals surface area contributed by atoms with Crippen LogP contribution in [0.1, 0.15) is 51.6 Å². The Bertz CT molecular complexity index is 806. The highest BCUT2D eigenvalue weighted by atomic mass is 35.5. The largest absolute Gasteiger partial charge is 0.476 e. The van der Waals surface area contributed by atoms with Crippen LogP contribution in [0.4, 0.5) is 5.69 Å². The van der Waals surface area contributed by atoms with Gasteiger partial charge in [-0.15, -0.1) is 0 Å². The molecule has 1 heterocycles. The lowest BCUT2D eigenvalue weighted by atomic mass is 10.0. The van der Waals surface area contributed by atoms with Crippen LogP contribution >= 0.6 is 11.6 Å². The van der Waals surface area contributed by atoms with E-state index >= 15 is 0 Å². The van der Waals surface area contributed by atoms with Gasteiger partial charge in [-0.3, -0.25) is 4.79 Å². The summed E-state index contributed by atoms with van der Waals surface area (Å²) in [5.41, 5.74) is 1.95. The second-order valence-corrected chi connectivity index (χ2v) is 5.61. The Balaban J connectivity index is 2.48. The van der Waals surface area contributed by atoms with Gasteiger partial charge in [0.2, 0.25) is 0 Å². The van der Waals surface area contributed by atoms with E-state index in [1.54, 1.807) is 13.0 Å². The quantitative estimate of drug-likeness (QED) is 0.863. The minimum Gasteiger partial charge on any atom is -0.476 e. The summed E-state index contributed by atoms with van der Waals surface area (Å²) >= 11 is 6.22. The molecule has 0 radical (unpaired) electrons. The first-order valence-corrected chi connectivity index (χ1v) is 7.95. The van der Waals surface area contributed by atoms with Gasteiger partial charge in [0, 0.05) is 16.9 Å². The van der Waals surface area contributed by atoms with E-state index in [1.807, 2.05) is 19.9 Å². The van der Waals surface area contributed by atoms with Gasteiger partial charge in [0.05, 0.1) is 5.56 Å². The van der Waals surface area contributed by atoms with E-state index in [4.69, 9.17) is 11.6 Å². The van der Waals surface area contributed by atoms with Crippen molar-refractivity contribution < 1.29 is 14.7 Å². The second kappa shape index (κ2) is 7.40. The Morgan fingerprint density at radius 3 is 2.54 bits per heavy atom. The number of carboxylic acids is 1. The fourth-order valence-electron chi connectivity index (χ4n) is 2.45. The number of hydrogen-bond donors (Lipinski definition) is 2. The maximum atomic E-state index is 12.6. The van der Waals surface area contributed by atoms with E-state index < -0.39 is 11.9 Å². The molecule has 0 bridgehead atoms. The molecule has 2 rings (SSSR count). The molecule has 0 saturated carbocycles. The highest BCUT2D eigenvalue weighted by molar-refractivity contribution is 6.32. The number of anilines is 1. The van der Waals surface area contributed by atoms with Gasteiger partial charge in [0.1, 0.15) is 5.82 Å². The monoisotopic (exact) mass is 347 g/mol. The maximum absolute atomic E-state index is 12.6. The van der Waals surface area contributed by atoms with E-state index in [0.717, 1.165) is 11.1 Å². The summed E-state index contributed by atoms with van der Waals surface area (Å²) < 4.78 is 0.